The van der Waals surface area contributed by atoms with Gasteiger partial charge in [-0.3, -0.25) is 0 Å². The summed E-state index contributed by atoms with van der Waals surface area (Å²) >= 11 is 0. The molecule has 0 saturated heterocycles. The van der Waals surface area contributed by atoms with Gasteiger partial charge in [0.2, 0.25) is 5.92 Å². The van der Waals surface area contributed by atoms with E-state index >= 15 is 0 Å². The predicted molar refractivity (Wildman–Crippen MR) is 64.8 cm³/mol. The van der Waals surface area contributed by atoms with Gasteiger partial charge in [-0.25, -0.2) is 13.2 Å². The average Bonchev–Trinajstić information content (AvgIpc) is 2.37. The SMILES string of the molecule is COc1ccc(C(O)C2CCC(F)(F)CC2)c(F)c1. The second-order valence-electron chi connectivity index (χ2n) is 5.03. The zero-order valence-corrected chi connectivity index (χ0v) is 10.7. The summed E-state index contributed by atoms with van der Waals surface area (Å²) in [5, 5.41) is 10.1. The number of aliphatic hydroxyl groups excluding tert-OH is 1. The van der Waals surface area contributed by atoms with Crippen LogP contribution in [-0.2, 0) is 0 Å². The van der Waals surface area contributed by atoms with Gasteiger partial charge in [-0.1, -0.05) is 0 Å². The van der Waals surface area contributed by atoms with Crippen LogP contribution in [0, 0.1) is 11.7 Å². The Kier molecular flexibility index (Phi) is 4.04. The van der Waals surface area contributed by atoms with Crippen molar-refractivity contribution in [2.45, 2.75) is 37.7 Å². The van der Waals surface area contributed by atoms with E-state index in [-0.39, 0.29) is 37.2 Å². The molecule has 0 aliphatic heterocycles. The molecule has 0 radical (unpaired) electrons. The normalized spacial score (nSPS) is 21.1. The van der Waals surface area contributed by atoms with E-state index in [9.17, 15) is 18.3 Å². The molecule has 106 valence electrons. The minimum atomic E-state index is -2.64. The van der Waals surface area contributed by atoms with Crippen molar-refractivity contribution in [1.29, 1.82) is 0 Å². The smallest absolute Gasteiger partial charge is 0.248 e. The second-order valence-corrected chi connectivity index (χ2v) is 5.03. The van der Waals surface area contributed by atoms with Crippen molar-refractivity contribution < 1.29 is 23.0 Å². The van der Waals surface area contributed by atoms with E-state index in [2.05, 4.69) is 0 Å². The van der Waals surface area contributed by atoms with E-state index in [0.717, 1.165) is 0 Å². The third kappa shape index (κ3) is 3.21. The molecule has 1 N–H and O–H groups in total. The van der Waals surface area contributed by atoms with Gasteiger partial charge in [0.05, 0.1) is 13.2 Å². The van der Waals surface area contributed by atoms with Crippen LogP contribution in [0.15, 0.2) is 18.2 Å². The lowest BCUT2D eigenvalue weighted by Gasteiger charge is -2.31. The zero-order valence-electron chi connectivity index (χ0n) is 10.7. The highest BCUT2D eigenvalue weighted by Crippen LogP contribution is 2.41. The maximum atomic E-state index is 13.8. The molecule has 2 nitrogen and oxygen atoms in total. The minimum absolute atomic E-state index is 0.149. The summed E-state index contributed by atoms with van der Waals surface area (Å²) in [6, 6.07) is 4.20. The first kappa shape index (κ1) is 14.2. The van der Waals surface area contributed by atoms with Crippen molar-refractivity contribution in [2.24, 2.45) is 5.92 Å². The van der Waals surface area contributed by atoms with Crippen LogP contribution >= 0.6 is 0 Å². The van der Waals surface area contributed by atoms with Crippen molar-refractivity contribution in [1.82, 2.24) is 0 Å². The van der Waals surface area contributed by atoms with Gasteiger partial charge in [0.25, 0.3) is 0 Å². The Morgan fingerprint density at radius 1 is 1.32 bits per heavy atom. The molecule has 5 heteroatoms. The highest BCUT2D eigenvalue weighted by atomic mass is 19.3. The van der Waals surface area contributed by atoms with Gasteiger partial charge >= 0.3 is 0 Å². The Morgan fingerprint density at radius 2 is 1.95 bits per heavy atom. The lowest BCUT2D eigenvalue weighted by Crippen LogP contribution is -2.28. The number of benzene rings is 1. The Morgan fingerprint density at radius 3 is 2.47 bits per heavy atom. The molecule has 1 saturated carbocycles. The summed E-state index contributed by atoms with van der Waals surface area (Å²) < 4.78 is 44.8. The Labute approximate surface area is 110 Å². The van der Waals surface area contributed by atoms with Crippen molar-refractivity contribution in [3.63, 3.8) is 0 Å². The molecule has 1 fully saturated rings. The lowest BCUT2D eigenvalue weighted by atomic mass is 9.81. The van der Waals surface area contributed by atoms with Gasteiger partial charge < -0.3 is 9.84 Å². The predicted octanol–water partition coefficient (Wildman–Crippen LogP) is 3.69. The van der Waals surface area contributed by atoms with E-state index < -0.39 is 17.8 Å². The second kappa shape index (κ2) is 5.41. The third-order valence-corrected chi connectivity index (χ3v) is 3.73. The maximum Gasteiger partial charge on any atom is 0.248 e. The topological polar surface area (TPSA) is 29.5 Å². The van der Waals surface area contributed by atoms with Gasteiger partial charge in [-0.2, -0.15) is 0 Å². The molecule has 1 aromatic rings. The monoisotopic (exact) mass is 274 g/mol. The van der Waals surface area contributed by atoms with Crippen LogP contribution in [0.1, 0.15) is 37.4 Å². The fourth-order valence-electron chi connectivity index (χ4n) is 2.51. The van der Waals surface area contributed by atoms with Crippen LogP contribution in [0.25, 0.3) is 0 Å². The van der Waals surface area contributed by atoms with Crippen LogP contribution in [0.2, 0.25) is 0 Å². The first-order valence-electron chi connectivity index (χ1n) is 6.32. The summed E-state index contributed by atoms with van der Waals surface area (Å²) in [4.78, 5) is 0. The molecule has 0 spiro atoms. The quantitative estimate of drug-likeness (QED) is 0.910. The Bertz CT molecular complexity index is 438. The molecule has 1 aliphatic rings. The molecular weight excluding hydrogens is 257 g/mol. The van der Waals surface area contributed by atoms with E-state index in [1.165, 1.54) is 19.2 Å². The number of hydrogen-bond donors (Lipinski definition) is 1. The average molecular weight is 274 g/mol. The van der Waals surface area contributed by atoms with Gasteiger partial charge in [0.15, 0.2) is 0 Å². The van der Waals surface area contributed by atoms with Gasteiger partial charge in [0.1, 0.15) is 11.6 Å². The number of aliphatic hydroxyl groups is 1. The zero-order chi connectivity index (χ0) is 14.0. The molecule has 0 heterocycles. The standard InChI is InChI=1S/C14H17F3O2/c1-19-10-2-3-11(12(15)8-10)13(18)9-4-6-14(16,17)7-5-9/h2-3,8-9,13,18H,4-7H2,1H3. The maximum absolute atomic E-state index is 13.8. The first-order chi connectivity index (χ1) is 8.93. The van der Waals surface area contributed by atoms with E-state index in [0.29, 0.717) is 5.75 Å². The molecule has 1 aliphatic carbocycles. The van der Waals surface area contributed by atoms with Crippen LogP contribution in [0.5, 0.6) is 5.75 Å². The number of rotatable bonds is 3. The van der Waals surface area contributed by atoms with Crippen LogP contribution in [0.4, 0.5) is 13.2 Å². The van der Waals surface area contributed by atoms with Gasteiger partial charge in [0, 0.05) is 24.5 Å². The van der Waals surface area contributed by atoms with Crippen molar-refractivity contribution in [3.05, 3.63) is 29.6 Å². The number of ether oxygens (including phenoxy) is 1. The van der Waals surface area contributed by atoms with Crippen molar-refractivity contribution in [2.75, 3.05) is 7.11 Å². The molecule has 1 atom stereocenters. The number of alkyl halides is 2. The Hall–Kier alpha value is -1.23. The number of methoxy groups -OCH3 is 1. The van der Waals surface area contributed by atoms with Gasteiger partial charge in [-0.15, -0.1) is 0 Å². The number of hydrogen-bond acceptors (Lipinski definition) is 2. The van der Waals surface area contributed by atoms with E-state index in [1.807, 2.05) is 0 Å². The molecule has 1 unspecified atom stereocenters. The van der Waals surface area contributed by atoms with Crippen molar-refractivity contribution >= 4 is 0 Å². The minimum Gasteiger partial charge on any atom is -0.497 e. The molecule has 19 heavy (non-hydrogen) atoms. The van der Waals surface area contributed by atoms with E-state index in [4.69, 9.17) is 4.74 Å². The summed E-state index contributed by atoms with van der Waals surface area (Å²) in [5.74, 6) is -3.16. The number of halogens is 3. The summed E-state index contributed by atoms with van der Waals surface area (Å²) in [5.41, 5.74) is 0.149. The molecule has 0 bridgehead atoms. The van der Waals surface area contributed by atoms with Crippen molar-refractivity contribution in [3.8, 4) is 5.75 Å². The fraction of sp³-hybridized carbons (Fsp3) is 0.571. The van der Waals surface area contributed by atoms with Crippen LogP contribution in [-0.4, -0.2) is 18.1 Å². The molecular formula is C14H17F3O2. The lowest BCUT2D eigenvalue weighted by molar-refractivity contribution is -0.0630. The fourth-order valence-corrected chi connectivity index (χ4v) is 2.51. The molecule has 0 aromatic heterocycles. The van der Waals surface area contributed by atoms with Crippen LogP contribution in [0.3, 0.4) is 0 Å². The third-order valence-electron chi connectivity index (χ3n) is 3.73. The highest BCUT2D eigenvalue weighted by Gasteiger charge is 2.38. The summed E-state index contributed by atoms with van der Waals surface area (Å²) in [6.07, 6.45) is -1.11. The molecule has 2 rings (SSSR count). The summed E-state index contributed by atoms with van der Waals surface area (Å²) in [6.45, 7) is 0. The van der Waals surface area contributed by atoms with Gasteiger partial charge in [-0.05, 0) is 30.9 Å². The highest BCUT2D eigenvalue weighted by molar-refractivity contribution is 5.30. The van der Waals surface area contributed by atoms with Crippen LogP contribution < -0.4 is 4.74 Å². The molecule has 0 amide bonds. The largest absolute Gasteiger partial charge is 0.497 e. The van der Waals surface area contributed by atoms with E-state index in [1.54, 1.807) is 6.07 Å². The molecule has 1 aromatic carbocycles. The first-order valence-corrected chi connectivity index (χ1v) is 6.32. The Balaban J connectivity index is 2.10. The summed E-state index contributed by atoms with van der Waals surface area (Å²) in [7, 11) is 1.42.